The van der Waals surface area contributed by atoms with E-state index in [0.717, 1.165) is 35.3 Å². The average Bonchev–Trinajstić information content (AvgIpc) is 3.24. The third kappa shape index (κ3) is 2.70. The first-order valence-corrected chi connectivity index (χ1v) is 8.04. The van der Waals surface area contributed by atoms with Crippen LogP contribution in [-0.2, 0) is 0 Å². The molecule has 116 valence electrons. The zero-order valence-electron chi connectivity index (χ0n) is 12.7. The number of halogens is 1. The lowest BCUT2D eigenvalue weighted by Gasteiger charge is -2.06. The van der Waals surface area contributed by atoms with E-state index in [1.807, 2.05) is 47.9 Å². The van der Waals surface area contributed by atoms with Gasteiger partial charge in [0, 0.05) is 23.4 Å². The Morgan fingerprint density at radius 1 is 1.30 bits per heavy atom. The zero-order chi connectivity index (χ0) is 16.0. The third-order valence-electron chi connectivity index (χ3n) is 4.05. The molecule has 0 atom stereocenters. The van der Waals surface area contributed by atoms with Gasteiger partial charge in [0.1, 0.15) is 0 Å². The lowest BCUT2D eigenvalue weighted by Crippen LogP contribution is -2.25. The van der Waals surface area contributed by atoms with Crippen LogP contribution < -0.4 is 5.32 Å². The van der Waals surface area contributed by atoms with Crippen LogP contribution in [0.2, 0.25) is 5.02 Å². The molecule has 1 aromatic carbocycles. The van der Waals surface area contributed by atoms with Crippen LogP contribution in [0, 0.1) is 6.92 Å². The summed E-state index contributed by atoms with van der Waals surface area (Å²) in [4.78, 5) is 16.4. The van der Waals surface area contributed by atoms with Gasteiger partial charge in [-0.25, -0.2) is 4.98 Å². The van der Waals surface area contributed by atoms with Crippen LogP contribution in [0.15, 0.2) is 42.7 Å². The summed E-state index contributed by atoms with van der Waals surface area (Å²) < 4.78 is 1.98. The Hall–Kier alpha value is -2.33. The number of aromatic nitrogens is 2. The molecule has 1 aliphatic carbocycles. The molecule has 1 amide bonds. The summed E-state index contributed by atoms with van der Waals surface area (Å²) in [6.45, 7) is 2.00. The van der Waals surface area contributed by atoms with Crippen LogP contribution in [0.4, 0.5) is 0 Å². The van der Waals surface area contributed by atoms with Crippen molar-refractivity contribution in [2.24, 2.45) is 0 Å². The fraction of sp³-hybridized carbons (Fsp3) is 0.222. The topological polar surface area (TPSA) is 46.4 Å². The first-order valence-electron chi connectivity index (χ1n) is 7.66. The van der Waals surface area contributed by atoms with Crippen LogP contribution in [0.3, 0.4) is 0 Å². The van der Waals surface area contributed by atoms with Crippen molar-refractivity contribution in [3.05, 3.63) is 58.9 Å². The van der Waals surface area contributed by atoms with Gasteiger partial charge in [0.15, 0.2) is 5.65 Å². The minimum absolute atomic E-state index is 0.00363. The number of pyridine rings is 1. The van der Waals surface area contributed by atoms with Crippen LogP contribution in [0.5, 0.6) is 0 Å². The van der Waals surface area contributed by atoms with Gasteiger partial charge in [-0.05, 0) is 43.5 Å². The number of benzene rings is 1. The number of carbonyl (C=O) groups excluding carboxylic acids is 1. The van der Waals surface area contributed by atoms with Gasteiger partial charge >= 0.3 is 0 Å². The second-order valence-corrected chi connectivity index (χ2v) is 6.43. The molecular formula is C18H16ClN3O. The first-order chi connectivity index (χ1) is 11.1. The van der Waals surface area contributed by atoms with Gasteiger partial charge in [-0.1, -0.05) is 23.7 Å². The number of aryl methyl sites for hydroxylation is 1. The number of rotatable bonds is 3. The standard InChI is InChI=1S/C18H16ClN3O/c1-11-8-15(19)17-20-9-16(22(17)10-11)12-2-4-13(5-3-12)18(23)21-14-6-7-14/h2-5,8-10,14H,6-7H2,1H3,(H,21,23). The van der Waals surface area contributed by atoms with Crippen LogP contribution in [-0.4, -0.2) is 21.3 Å². The third-order valence-corrected chi connectivity index (χ3v) is 4.33. The lowest BCUT2D eigenvalue weighted by molar-refractivity contribution is 0.0951. The summed E-state index contributed by atoms with van der Waals surface area (Å²) in [7, 11) is 0. The largest absolute Gasteiger partial charge is 0.349 e. The first kappa shape index (κ1) is 14.3. The predicted octanol–water partition coefficient (Wildman–Crippen LogP) is 3.86. The SMILES string of the molecule is Cc1cc(Cl)c2ncc(-c3ccc(C(=O)NC4CC4)cc3)n2c1. The smallest absolute Gasteiger partial charge is 0.251 e. The number of carbonyl (C=O) groups is 1. The molecule has 5 heteroatoms. The van der Waals surface area contributed by atoms with Gasteiger partial charge in [0.25, 0.3) is 5.91 Å². The molecule has 1 N–H and O–H groups in total. The molecule has 0 saturated heterocycles. The molecule has 0 unspecified atom stereocenters. The minimum Gasteiger partial charge on any atom is -0.349 e. The molecule has 3 aromatic rings. The van der Waals surface area contributed by atoms with Crippen molar-refractivity contribution in [3.63, 3.8) is 0 Å². The number of nitrogens with zero attached hydrogens (tertiary/aromatic N) is 2. The molecule has 2 heterocycles. The highest BCUT2D eigenvalue weighted by Gasteiger charge is 2.23. The molecule has 4 rings (SSSR count). The molecule has 1 fully saturated rings. The van der Waals surface area contributed by atoms with E-state index >= 15 is 0 Å². The van der Waals surface area contributed by atoms with Gasteiger partial charge in [0.05, 0.1) is 16.9 Å². The summed E-state index contributed by atoms with van der Waals surface area (Å²) >= 11 is 6.25. The van der Waals surface area contributed by atoms with Gasteiger partial charge < -0.3 is 5.32 Å². The Bertz CT molecular complexity index is 895. The molecule has 4 nitrogen and oxygen atoms in total. The van der Waals surface area contributed by atoms with Crippen molar-refractivity contribution in [1.29, 1.82) is 0 Å². The Morgan fingerprint density at radius 3 is 2.74 bits per heavy atom. The highest BCUT2D eigenvalue weighted by molar-refractivity contribution is 6.33. The monoisotopic (exact) mass is 325 g/mol. The second kappa shape index (κ2) is 5.39. The minimum atomic E-state index is -0.00363. The van der Waals surface area contributed by atoms with Crippen LogP contribution >= 0.6 is 11.6 Å². The second-order valence-electron chi connectivity index (χ2n) is 6.03. The van der Waals surface area contributed by atoms with Gasteiger partial charge in [-0.2, -0.15) is 0 Å². The van der Waals surface area contributed by atoms with Gasteiger partial charge in [-0.15, -0.1) is 0 Å². The lowest BCUT2D eigenvalue weighted by atomic mass is 10.1. The Labute approximate surface area is 139 Å². The molecular weight excluding hydrogens is 310 g/mol. The average molecular weight is 326 g/mol. The van der Waals surface area contributed by atoms with Crippen LogP contribution in [0.1, 0.15) is 28.8 Å². The fourth-order valence-electron chi connectivity index (χ4n) is 2.68. The summed E-state index contributed by atoms with van der Waals surface area (Å²) in [5, 5.41) is 3.63. The maximum Gasteiger partial charge on any atom is 0.251 e. The Kier molecular flexibility index (Phi) is 3.34. The molecule has 0 spiro atoms. The van der Waals surface area contributed by atoms with Crippen molar-refractivity contribution in [1.82, 2.24) is 14.7 Å². The van der Waals surface area contributed by atoms with Gasteiger partial charge in [0.2, 0.25) is 0 Å². The number of amides is 1. The van der Waals surface area contributed by atoms with E-state index in [1.54, 1.807) is 6.20 Å². The Morgan fingerprint density at radius 2 is 2.04 bits per heavy atom. The van der Waals surface area contributed by atoms with E-state index in [2.05, 4.69) is 10.3 Å². The zero-order valence-corrected chi connectivity index (χ0v) is 13.5. The molecule has 1 aliphatic rings. The van der Waals surface area contributed by atoms with Crippen molar-refractivity contribution >= 4 is 23.2 Å². The maximum absolute atomic E-state index is 12.0. The number of hydrogen-bond donors (Lipinski definition) is 1. The normalized spacial score (nSPS) is 14.2. The molecule has 0 aliphatic heterocycles. The number of nitrogens with one attached hydrogen (secondary N) is 1. The fourth-order valence-corrected chi connectivity index (χ4v) is 2.99. The van der Waals surface area contributed by atoms with E-state index in [-0.39, 0.29) is 5.91 Å². The quantitative estimate of drug-likeness (QED) is 0.795. The highest BCUT2D eigenvalue weighted by atomic mass is 35.5. The van der Waals surface area contributed by atoms with Crippen molar-refractivity contribution in [2.75, 3.05) is 0 Å². The predicted molar refractivity (Wildman–Crippen MR) is 90.9 cm³/mol. The van der Waals surface area contributed by atoms with E-state index in [0.29, 0.717) is 16.6 Å². The molecule has 0 bridgehead atoms. The maximum atomic E-state index is 12.0. The summed E-state index contributed by atoms with van der Waals surface area (Å²) in [5.74, 6) is -0.00363. The molecule has 23 heavy (non-hydrogen) atoms. The van der Waals surface area contributed by atoms with Crippen molar-refractivity contribution < 1.29 is 4.79 Å². The van der Waals surface area contributed by atoms with E-state index < -0.39 is 0 Å². The van der Waals surface area contributed by atoms with Gasteiger partial charge in [-0.3, -0.25) is 9.20 Å². The highest BCUT2D eigenvalue weighted by Crippen LogP contribution is 2.26. The Balaban J connectivity index is 1.69. The summed E-state index contributed by atoms with van der Waals surface area (Å²) in [5.41, 5.74) is 4.45. The van der Waals surface area contributed by atoms with Crippen LogP contribution in [0.25, 0.3) is 16.9 Å². The van der Waals surface area contributed by atoms with Crippen molar-refractivity contribution in [2.45, 2.75) is 25.8 Å². The van der Waals surface area contributed by atoms with E-state index in [9.17, 15) is 4.79 Å². The summed E-state index contributed by atoms with van der Waals surface area (Å²) in [6.07, 6.45) is 5.99. The summed E-state index contributed by atoms with van der Waals surface area (Å²) in [6, 6.07) is 9.86. The van der Waals surface area contributed by atoms with Crippen molar-refractivity contribution in [3.8, 4) is 11.3 Å². The molecule has 0 radical (unpaired) electrons. The number of imidazole rings is 1. The number of fused-ring (bicyclic) bond motifs is 1. The van der Waals surface area contributed by atoms with E-state index in [1.165, 1.54) is 0 Å². The molecule has 1 saturated carbocycles. The number of hydrogen-bond acceptors (Lipinski definition) is 2. The van der Waals surface area contributed by atoms with E-state index in [4.69, 9.17) is 11.6 Å². The molecule has 2 aromatic heterocycles.